The molecule has 0 aliphatic heterocycles. The molecule has 3 heteroatoms. The summed E-state index contributed by atoms with van der Waals surface area (Å²) in [5.74, 6) is 0.800. The summed E-state index contributed by atoms with van der Waals surface area (Å²) >= 11 is 3.35. The van der Waals surface area contributed by atoms with Crippen LogP contribution in [0.5, 0.6) is 5.75 Å². The summed E-state index contributed by atoms with van der Waals surface area (Å²) in [5, 5.41) is 0. The van der Waals surface area contributed by atoms with Crippen LogP contribution < -0.4 is 4.74 Å². The van der Waals surface area contributed by atoms with Crippen molar-refractivity contribution in [3.63, 3.8) is 0 Å². The molecule has 0 amide bonds. The van der Waals surface area contributed by atoms with Gasteiger partial charge in [-0.05, 0) is 28.1 Å². The zero-order chi connectivity index (χ0) is 10.1. The Hall–Kier alpha value is -0.540. The zero-order valence-electron chi connectivity index (χ0n) is 8.21. The molecule has 0 aliphatic rings. The van der Waals surface area contributed by atoms with E-state index in [4.69, 9.17) is 9.47 Å². The molecule has 13 heavy (non-hydrogen) atoms. The molecule has 0 aliphatic carbocycles. The molecular weight excluding hydrogens is 232 g/mol. The lowest BCUT2D eigenvalue weighted by molar-refractivity contribution is 0.0506. The minimum Gasteiger partial charge on any atom is -0.466 e. The number of halogens is 1. The highest BCUT2D eigenvalue weighted by Crippen LogP contribution is 2.23. The molecule has 74 valence electrons. The molecule has 2 nitrogen and oxygen atoms in total. The lowest BCUT2D eigenvalue weighted by Gasteiger charge is -2.05. The molecule has 0 unspecified atom stereocenters. The first kappa shape index (κ1) is 12.5. The highest BCUT2D eigenvalue weighted by Gasteiger charge is 1.96. The van der Waals surface area contributed by atoms with Gasteiger partial charge in [0.2, 0.25) is 0 Å². The third kappa shape index (κ3) is 4.90. The Morgan fingerprint density at radius 3 is 2.38 bits per heavy atom. The van der Waals surface area contributed by atoms with Crippen LogP contribution in [0, 0.1) is 0 Å². The summed E-state index contributed by atoms with van der Waals surface area (Å²) in [6.45, 7) is 4.28. The van der Waals surface area contributed by atoms with Crippen LogP contribution in [-0.4, -0.2) is 13.9 Å². The lowest BCUT2D eigenvalue weighted by atomic mass is 10.3. The van der Waals surface area contributed by atoms with Gasteiger partial charge >= 0.3 is 0 Å². The largest absolute Gasteiger partial charge is 0.466 e. The standard InChI is InChI=1S/C8H9BrO2.C2H6/c1-10-6-11-8-5-3-2-4-7(8)9;1-2/h2-5H,6H2,1H3;1-2H3. The number of benzene rings is 1. The topological polar surface area (TPSA) is 18.5 Å². The maximum atomic E-state index is 5.22. The van der Waals surface area contributed by atoms with Gasteiger partial charge in [-0.1, -0.05) is 26.0 Å². The van der Waals surface area contributed by atoms with Crippen LogP contribution in [0.2, 0.25) is 0 Å². The Kier molecular flexibility index (Phi) is 7.74. The SMILES string of the molecule is CC.COCOc1ccccc1Br. The Morgan fingerprint density at radius 2 is 1.85 bits per heavy atom. The van der Waals surface area contributed by atoms with E-state index in [1.807, 2.05) is 38.1 Å². The summed E-state index contributed by atoms with van der Waals surface area (Å²) < 4.78 is 10.9. The van der Waals surface area contributed by atoms with Crippen LogP contribution in [0.1, 0.15) is 13.8 Å². The molecule has 0 radical (unpaired) electrons. The van der Waals surface area contributed by atoms with Crippen LogP contribution >= 0.6 is 15.9 Å². The van der Waals surface area contributed by atoms with Crippen molar-refractivity contribution in [1.82, 2.24) is 0 Å². The van der Waals surface area contributed by atoms with E-state index in [1.165, 1.54) is 0 Å². The molecule has 0 bridgehead atoms. The molecule has 0 fully saturated rings. The molecule has 0 spiro atoms. The number of methoxy groups -OCH3 is 1. The summed E-state index contributed by atoms with van der Waals surface area (Å²) in [6.07, 6.45) is 0. The molecule has 1 rings (SSSR count). The van der Waals surface area contributed by atoms with Gasteiger partial charge < -0.3 is 9.47 Å². The fraction of sp³-hybridized carbons (Fsp3) is 0.400. The van der Waals surface area contributed by atoms with E-state index < -0.39 is 0 Å². The second-order valence-electron chi connectivity index (χ2n) is 1.98. The minimum atomic E-state index is 0.280. The first-order valence-corrected chi connectivity index (χ1v) is 5.00. The number of para-hydroxylation sites is 1. The Bertz CT molecular complexity index is 226. The molecule has 0 aromatic heterocycles. The van der Waals surface area contributed by atoms with Crippen molar-refractivity contribution in [3.05, 3.63) is 28.7 Å². The number of hydrogen-bond acceptors (Lipinski definition) is 2. The maximum Gasteiger partial charge on any atom is 0.188 e. The number of ether oxygens (including phenoxy) is 2. The van der Waals surface area contributed by atoms with Crippen LogP contribution in [-0.2, 0) is 4.74 Å². The first-order chi connectivity index (χ1) is 6.34. The van der Waals surface area contributed by atoms with Gasteiger partial charge in [-0.3, -0.25) is 0 Å². The fourth-order valence-corrected chi connectivity index (χ4v) is 1.08. The Labute approximate surface area is 88.0 Å². The normalized spacial score (nSPS) is 8.62. The molecule has 0 heterocycles. The van der Waals surface area contributed by atoms with Crippen molar-refractivity contribution in [2.24, 2.45) is 0 Å². The van der Waals surface area contributed by atoms with Crippen LogP contribution in [0.15, 0.2) is 28.7 Å². The zero-order valence-corrected chi connectivity index (χ0v) is 9.80. The van der Waals surface area contributed by atoms with Crippen molar-refractivity contribution < 1.29 is 9.47 Å². The van der Waals surface area contributed by atoms with Gasteiger partial charge in [0, 0.05) is 7.11 Å². The highest BCUT2D eigenvalue weighted by molar-refractivity contribution is 9.10. The van der Waals surface area contributed by atoms with Crippen molar-refractivity contribution in [2.75, 3.05) is 13.9 Å². The number of rotatable bonds is 3. The van der Waals surface area contributed by atoms with Gasteiger partial charge in [-0.15, -0.1) is 0 Å². The van der Waals surface area contributed by atoms with Crippen LogP contribution in [0.25, 0.3) is 0 Å². The average molecular weight is 247 g/mol. The third-order valence-corrected chi connectivity index (χ3v) is 1.82. The van der Waals surface area contributed by atoms with Crippen molar-refractivity contribution >= 4 is 15.9 Å². The second kappa shape index (κ2) is 8.08. The molecule has 0 atom stereocenters. The molecule has 0 saturated carbocycles. The molecule has 0 saturated heterocycles. The highest BCUT2D eigenvalue weighted by atomic mass is 79.9. The second-order valence-corrected chi connectivity index (χ2v) is 2.84. The van der Waals surface area contributed by atoms with Gasteiger partial charge in [-0.2, -0.15) is 0 Å². The summed E-state index contributed by atoms with van der Waals surface area (Å²) in [5.41, 5.74) is 0. The van der Waals surface area contributed by atoms with Crippen molar-refractivity contribution in [2.45, 2.75) is 13.8 Å². The van der Waals surface area contributed by atoms with E-state index in [1.54, 1.807) is 7.11 Å². The van der Waals surface area contributed by atoms with Gasteiger partial charge in [0.1, 0.15) is 5.75 Å². The summed E-state index contributed by atoms with van der Waals surface area (Å²) in [4.78, 5) is 0. The van der Waals surface area contributed by atoms with Crippen molar-refractivity contribution in [1.29, 1.82) is 0 Å². The Balaban J connectivity index is 0.000000671. The van der Waals surface area contributed by atoms with Crippen LogP contribution in [0.4, 0.5) is 0 Å². The van der Waals surface area contributed by atoms with E-state index in [-0.39, 0.29) is 6.79 Å². The van der Waals surface area contributed by atoms with Crippen molar-refractivity contribution in [3.8, 4) is 5.75 Å². The molecule has 1 aromatic carbocycles. The van der Waals surface area contributed by atoms with E-state index in [0.29, 0.717) is 0 Å². The molecule has 0 N–H and O–H groups in total. The fourth-order valence-electron chi connectivity index (χ4n) is 0.684. The predicted molar refractivity (Wildman–Crippen MR) is 58.0 cm³/mol. The Morgan fingerprint density at radius 1 is 1.23 bits per heavy atom. The first-order valence-electron chi connectivity index (χ1n) is 4.21. The van der Waals surface area contributed by atoms with E-state index in [9.17, 15) is 0 Å². The van der Waals surface area contributed by atoms with Gasteiger partial charge in [0.15, 0.2) is 6.79 Å². The smallest absolute Gasteiger partial charge is 0.188 e. The summed E-state index contributed by atoms with van der Waals surface area (Å²) in [7, 11) is 1.59. The average Bonchev–Trinajstić information content (AvgIpc) is 2.20. The van der Waals surface area contributed by atoms with Crippen LogP contribution in [0.3, 0.4) is 0 Å². The third-order valence-electron chi connectivity index (χ3n) is 1.17. The molecule has 1 aromatic rings. The van der Waals surface area contributed by atoms with Gasteiger partial charge in [0.25, 0.3) is 0 Å². The quantitative estimate of drug-likeness (QED) is 0.761. The van der Waals surface area contributed by atoms with E-state index in [0.717, 1.165) is 10.2 Å². The summed E-state index contributed by atoms with van der Waals surface area (Å²) in [6, 6.07) is 7.65. The van der Waals surface area contributed by atoms with E-state index in [2.05, 4.69) is 15.9 Å². The maximum absolute atomic E-state index is 5.22. The lowest BCUT2D eigenvalue weighted by Crippen LogP contribution is -1.98. The monoisotopic (exact) mass is 246 g/mol. The molecular formula is C10H15BrO2. The number of hydrogen-bond donors (Lipinski definition) is 0. The van der Waals surface area contributed by atoms with E-state index >= 15 is 0 Å². The van der Waals surface area contributed by atoms with Gasteiger partial charge in [-0.25, -0.2) is 0 Å². The van der Waals surface area contributed by atoms with Gasteiger partial charge in [0.05, 0.1) is 4.47 Å². The minimum absolute atomic E-state index is 0.280. The predicted octanol–water partition coefficient (Wildman–Crippen LogP) is 3.46.